The molecule has 150 valence electrons. The van der Waals surface area contributed by atoms with Gasteiger partial charge in [-0.25, -0.2) is 9.29 Å². The first-order valence-electron chi connectivity index (χ1n) is 8.95. The van der Waals surface area contributed by atoms with Gasteiger partial charge < -0.3 is 10.1 Å². The van der Waals surface area contributed by atoms with E-state index >= 15 is 0 Å². The Morgan fingerprint density at radius 3 is 2.59 bits per heavy atom. The molecule has 1 N–H and O–H groups in total. The molecule has 0 unspecified atom stereocenters. The Bertz CT molecular complexity index is 817. The number of pyridine rings is 1. The van der Waals surface area contributed by atoms with Crippen molar-refractivity contribution < 1.29 is 17.9 Å². The van der Waals surface area contributed by atoms with E-state index in [1.54, 1.807) is 0 Å². The van der Waals surface area contributed by atoms with Crippen molar-refractivity contribution in [2.75, 3.05) is 30.5 Å². The Morgan fingerprint density at radius 1 is 1.30 bits per heavy atom. The molecule has 1 amide bonds. The van der Waals surface area contributed by atoms with Crippen LogP contribution in [-0.2, 0) is 10.2 Å². The van der Waals surface area contributed by atoms with E-state index < -0.39 is 15.7 Å². The van der Waals surface area contributed by atoms with Crippen LogP contribution in [0.15, 0.2) is 12.3 Å². The number of aromatic nitrogens is 1. The van der Waals surface area contributed by atoms with Gasteiger partial charge in [-0.15, -0.1) is 11.6 Å². The molecule has 1 aromatic rings. The van der Waals surface area contributed by atoms with E-state index in [1.165, 1.54) is 20.9 Å². The van der Waals surface area contributed by atoms with Crippen LogP contribution < -0.4 is 14.4 Å². The van der Waals surface area contributed by atoms with E-state index in [1.807, 2.05) is 20.8 Å². The molecule has 8 nitrogen and oxygen atoms in total. The molecule has 0 aliphatic carbocycles. The van der Waals surface area contributed by atoms with Crippen LogP contribution in [0, 0.1) is 0 Å². The average molecular weight is 417 g/mol. The van der Waals surface area contributed by atoms with Gasteiger partial charge >= 0.3 is 10.2 Å². The number of nitrogens with zero attached hydrogens (tertiary/aromatic N) is 3. The molecule has 1 fully saturated rings. The maximum atomic E-state index is 13.1. The Kier molecular flexibility index (Phi) is 5.56. The van der Waals surface area contributed by atoms with Crippen LogP contribution in [0.5, 0.6) is 5.88 Å². The molecule has 0 spiro atoms. The van der Waals surface area contributed by atoms with E-state index in [0.717, 1.165) is 0 Å². The molecule has 3 heterocycles. The van der Waals surface area contributed by atoms with Crippen molar-refractivity contribution in [3.63, 3.8) is 0 Å². The lowest BCUT2D eigenvalue weighted by atomic mass is 10.1. The number of ether oxygens (including phenoxy) is 1. The zero-order valence-electron chi connectivity index (χ0n) is 15.7. The van der Waals surface area contributed by atoms with Crippen LogP contribution in [0.2, 0.25) is 0 Å². The smallest absolute Gasteiger partial charge is 0.304 e. The number of hydrogen-bond acceptors (Lipinski definition) is 5. The molecular weight excluding hydrogens is 392 g/mol. The predicted molar refractivity (Wildman–Crippen MR) is 104 cm³/mol. The number of hydrogen-bond donors (Lipinski definition) is 1. The number of anilines is 1. The highest BCUT2D eigenvalue weighted by Gasteiger charge is 2.36. The fourth-order valence-electron chi connectivity index (χ4n) is 3.05. The van der Waals surface area contributed by atoms with Gasteiger partial charge in [-0.3, -0.25) is 4.79 Å². The second-order valence-corrected chi connectivity index (χ2v) is 10.2. The maximum absolute atomic E-state index is 13.1. The van der Waals surface area contributed by atoms with Crippen molar-refractivity contribution in [3.05, 3.63) is 17.8 Å². The summed E-state index contributed by atoms with van der Waals surface area (Å²) >= 11 is 6.10. The number of carbonyl (C=O) groups excluding carboxylic acids is 1. The third-order valence-corrected chi connectivity index (χ3v) is 6.76. The quantitative estimate of drug-likeness (QED) is 0.758. The summed E-state index contributed by atoms with van der Waals surface area (Å²) in [5.74, 6) is -0.104. The minimum absolute atomic E-state index is 0.00258. The lowest BCUT2D eigenvalue weighted by Crippen LogP contribution is -2.50. The summed E-state index contributed by atoms with van der Waals surface area (Å²) in [5.41, 5.74) is 0.158. The molecule has 2 aliphatic rings. The Balaban J connectivity index is 1.90. The van der Waals surface area contributed by atoms with Crippen LogP contribution in [0.25, 0.3) is 0 Å². The Hall–Kier alpha value is -1.58. The first kappa shape index (κ1) is 20.2. The van der Waals surface area contributed by atoms with Crippen molar-refractivity contribution in [2.45, 2.75) is 44.5 Å². The van der Waals surface area contributed by atoms with Crippen LogP contribution in [0.1, 0.15) is 44.0 Å². The molecule has 3 rings (SSSR count). The molecule has 1 saturated heterocycles. The first-order valence-corrected chi connectivity index (χ1v) is 10.8. The number of rotatable bonds is 3. The highest BCUT2D eigenvalue weighted by Crippen LogP contribution is 2.34. The van der Waals surface area contributed by atoms with Crippen LogP contribution in [0.4, 0.5) is 5.69 Å². The molecule has 1 aromatic heterocycles. The predicted octanol–water partition coefficient (Wildman–Crippen LogP) is 1.76. The maximum Gasteiger partial charge on any atom is 0.304 e. The van der Waals surface area contributed by atoms with Crippen molar-refractivity contribution in [1.29, 1.82) is 0 Å². The summed E-state index contributed by atoms with van der Waals surface area (Å²) in [6.45, 7) is 6.74. The van der Waals surface area contributed by atoms with Gasteiger partial charge in [0.25, 0.3) is 5.91 Å². The van der Waals surface area contributed by atoms with Crippen molar-refractivity contribution in [3.8, 4) is 5.88 Å². The van der Waals surface area contributed by atoms with Gasteiger partial charge in [0.2, 0.25) is 5.88 Å². The SMILES string of the molecule is CC(C)(C)NC(=O)c1cnc2c(c1)N(S(=O)(=O)N1CCC(Cl)CC1)CCO2. The van der Waals surface area contributed by atoms with Crippen molar-refractivity contribution in [1.82, 2.24) is 14.6 Å². The Labute approximate surface area is 165 Å². The average Bonchev–Trinajstić information content (AvgIpc) is 2.59. The van der Waals surface area contributed by atoms with Gasteiger partial charge in [-0.1, -0.05) is 0 Å². The van der Waals surface area contributed by atoms with E-state index in [4.69, 9.17) is 16.3 Å². The highest BCUT2D eigenvalue weighted by atomic mass is 35.5. The van der Waals surface area contributed by atoms with Gasteiger partial charge in [-0.05, 0) is 39.7 Å². The molecule has 27 heavy (non-hydrogen) atoms. The van der Waals surface area contributed by atoms with E-state index in [-0.39, 0.29) is 41.6 Å². The van der Waals surface area contributed by atoms with Crippen molar-refractivity contribution >= 4 is 33.4 Å². The van der Waals surface area contributed by atoms with Gasteiger partial charge in [0.05, 0.1) is 12.1 Å². The zero-order chi connectivity index (χ0) is 19.8. The molecule has 10 heteroatoms. The lowest BCUT2D eigenvalue weighted by molar-refractivity contribution is 0.0919. The van der Waals surface area contributed by atoms with Crippen LogP contribution >= 0.6 is 11.6 Å². The normalized spacial score (nSPS) is 19.3. The fourth-order valence-corrected chi connectivity index (χ4v) is 4.88. The second-order valence-electron chi connectivity index (χ2n) is 7.75. The molecular formula is C17H25ClN4O4S. The third kappa shape index (κ3) is 4.47. The summed E-state index contributed by atoms with van der Waals surface area (Å²) in [5, 5.41) is 2.85. The number of amides is 1. The summed E-state index contributed by atoms with van der Waals surface area (Å²) in [6, 6.07) is 1.52. The zero-order valence-corrected chi connectivity index (χ0v) is 17.3. The number of piperidine rings is 1. The number of halogens is 1. The number of nitrogens with one attached hydrogen (secondary N) is 1. The first-order chi connectivity index (χ1) is 12.6. The van der Waals surface area contributed by atoms with E-state index in [2.05, 4.69) is 10.3 Å². The fraction of sp³-hybridized carbons (Fsp3) is 0.647. The highest BCUT2D eigenvalue weighted by molar-refractivity contribution is 7.90. The minimum Gasteiger partial charge on any atom is -0.474 e. The van der Waals surface area contributed by atoms with Crippen LogP contribution in [0.3, 0.4) is 0 Å². The van der Waals surface area contributed by atoms with Crippen LogP contribution in [-0.4, -0.2) is 60.8 Å². The van der Waals surface area contributed by atoms with Gasteiger partial charge in [-0.2, -0.15) is 12.7 Å². The number of fused-ring (bicyclic) bond motifs is 1. The molecule has 0 atom stereocenters. The summed E-state index contributed by atoms with van der Waals surface area (Å²) in [6.07, 6.45) is 2.63. The Morgan fingerprint density at radius 2 is 1.96 bits per heavy atom. The molecule has 0 saturated carbocycles. The summed E-state index contributed by atoms with van der Waals surface area (Å²) in [7, 11) is -3.74. The number of alkyl halides is 1. The number of carbonyl (C=O) groups is 1. The van der Waals surface area contributed by atoms with E-state index in [0.29, 0.717) is 25.9 Å². The summed E-state index contributed by atoms with van der Waals surface area (Å²) < 4.78 is 34.5. The molecule has 0 aromatic carbocycles. The largest absolute Gasteiger partial charge is 0.474 e. The summed E-state index contributed by atoms with van der Waals surface area (Å²) in [4.78, 5) is 16.6. The third-order valence-electron chi connectivity index (χ3n) is 4.37. The van der Waals surface area contributed by atoms with Crippen molar-refractivity contribution in [2.24, 2.45) is 0 Å². The monoisotopic (exact) mass is 416 g/mol. The topological polar surface area (TPSA) is 91.8 Å². The molecule has 0 bridgehead atoms. The minimum atomic E-state index is -3.74. The molecule has 0 radical (unpaired) electrons. The second kappa shape index (κ2) is 7.44. The standard InChI is InChI=1S/C17H25ClN4O4S/c1-17(2,3)20-15(23)12-10-14-16(19-11-12)26-9-8-22(14)27(24,25)21-6-4-13(18)5-7-21/h10-11,13H,4-9H2,1-3H3,(H,20,23). The molecule has 2 aliphatic heterocycles. The lowest BCUT2D eigenvalue weighted by Gasteiger charge is -2.36. The van der Waals surface area contributed by atoms with Gasteiger partial charge in [0.1, 0.15) is 12.3 Å². The van der Waals surface area contributed by atoms with Gasteiger partial charge in [0.15, 0.2) is 0 Å². The van der Waals surface area contributed by atoms with Gasteiger partial charge in [0, 0.05) is 30.2 Å². The van der Waals surface area contributed by atoms with E-state index in [9.17, 15) is 13.2 Å².